The molecule has 0 radical (unpaired) electrons. The molecule has 1 saturated carbocycles. The van der Waals surface area contributed by atoms with E-state index in [0.29, 0.717) is 25.9 Å². The third-order valence-corrected chi connectivity index (χ3v) is 4.26. The lowest BCUT2D eigenvalue weighted by Gasteiger charge is -2.62. The van der Waals surface area contributed by atoms with Crippen molar-refractivity contribution in [2.24, 2.45) is 5.41 Å². The highest BCUT2D eigenvalue weighted by Crippen LogP contribution is 2.58. The average Bonchev–Trinajstić information content (AvgIpc) is 2.30. The van der Waals surface area contributed by atoms with Crippen molar-refractivity contribution in [2.75, 3.05) is 13.1 Å². The Morgan fingerprint density at radius 2 is 1.86 bits per heavy atom. The molecular weight excluding hydrogens is 268 g/mol. The topological polar surface area (TPSA) is 62.7 Å². The van der Waals surface area contributed by atoms with Crippen molar-refractivity contribution in [1.29, 1.82) is 0 Å². The first-order valence-electron chi connectivity index (χ1n) is 7.32. The lowest BCUT2D eigenvalue weighted by atomic mass is 9.53. The SMILES string of the molecule is CC(C)(C)OC(=O)N1CC2(C1)CC(O)(c1ccncc1)C2. The van der Waals surface area contributed by atoms with Gasteiger partial charge in [0.05, 0.1) is 5.60 Å². The van der Waals surface area contributed by atoms with Crippen LogP contribution >= 0.6 is 0 Å². The lowest BCUT2D eigenvalue weighted by Crippen LogP contribution is -2.68. The number of carbonyl (C=O) groups is 1. The highest BCUT2D eigenvalue weighted by atomic mass is 16.6. The van der Waals surface area contributed by atoms with Crippen molar-refractivity contribution in [2.45, 2.75) is 44.8 Å². The van der Waals surface area contributed by atoms with Crippen LogP contribution in [0, 0.1) is 5.41 Å². The van der Waals surface area contributed by atoms with Crippen molar-refractivity contribution < 1.29 is 14.6 Å². The number of rotatable bonds is 1. The van der Waals surface area contributed by atoms with E-state index in [1.54, 1.807) is 17.3 Å². The fourth-order valence-corrected chi connectivity index (χ4v) is 3.50. The predicted molar refractivity (Wildman–Crippen MR) is 77.6 cm³/mol. The summed E-state index contributed by atoms with van der Waals surface area (Å²) in [5, 5.41) is 10.6. The fraction of sp³-hybridized carbons (Fsp3) is 0.625. The van der Waals surface area contributed by atoms with E-state index < -0.39 is 11.2 Å². The summed E-state index contributed by atoms with van der Waals surface area (Å²) in [7, 11) is 0. The third kappa shape index (κ3) is 2.62. The van der Waals surface area contributed by atoms with Crippen LogP contribution in [-0.4, -0.2) is 39.8 Å². The van der Waals surface area contributed by atoms with Gasteiger partial charge in [-0.2, -0.15) is 0 Å². The maximum Gasteiger partial charge on any atom is 0.410 e. The lowest BCUT2D eigenvalue weighted by molar-refractivity contribution is -0.190. The van der Waals surface area contributed by atoms with E-state index >= 15 is 0 Å². The predicted octanol–water partition coefficient (Wildman–Crippen LogP) is 2.30. The minimum Gasteiger partial charge on any atom is -0.444 e. The standard InChI is InChI=1S/C16H22N2O3/c1-14(2,3)21-13(19)18-10-15(11-18)8-16(20,9-15)12-4-6-17-7-5-12/h4-7,20H,8-11H2,1-3H3. The van der Waals surface area contributed by atoms with Gasteiger partial charge in [0.2, 0.25) is 0 Å². The number of aromatic nitrogens is 1. The molecule has 1 aromatic heterocycles. The minimum absolute atomic E-state index is 0.0644. The Kier molecular flexibility index (Phi) is 3.03. The summed E-state index contributed by atoms with van der Waals surface area (Å²) in [5.74, 6) is 0. The molecule has 0 unspecified atom stereocenters. The van der Waals surface area contributed by atoms with E-state index in [-0.39, 0.29) is 11.5 Å². The summed E-state index contributed by atoms with van der Waals surface area (Å²) < 4.78 is 5.36. The Hall–Kier alpha value is -1.62. The minimum atomic E-state index is -0.761. The van der Waals surface area contributed by atoms with Gasteiger partial charge in [0, 0.05) is 30.9 Å². The van der Waals surface area contributed by atoms with E-state index in [9.17, 15) is 9.90 Å². The van der Waals surface area contributed by atoms with Crippen molar-refractivity contribution in [3.63, 3.8) is 0 Å². The number of likely N-dealkylation sites (tertiary alicyclic amines) is 1. The van der Waals surface area contributed by atoms with E-state index in [1.807, 2.05) is 32.9 Å². The Bertz CT molecular complexity index is 536. The molecule has 114 valence electrons. The van der Waals surface area contributed by atoms with Gasteiger partial charge in [-0.25, -0.2) is 4.79 Å². The van der Waals surface area contributed by atoms with Gasteiger partial charge in [0.25, 0.3) is 0 Å². The van der Waals surface area contributed by atoms with E-state index in [2.05, 4.69) is 4.98 Å². The van der Waals surface area contributed by atoms with Crippen LogP contribution in [0.25, 0.3) is 0 Å². The maximum absolute atomic E-state index is 11.9. The first-order chi connectivity index (χ1) is 9.72. The zero-order valence-electron chi connectivity index (χ0n) is 12.8. The summed E-state index contributed by atoms with van der Waals surface area (Å²) in [6, 6.07) is 3.72. The molecule has 1 aromatic rings. The average molecular weight is 290 g/mol. The van der Waals surface area contributed by atoms with Crippen molar-refractivity contribution in [3.05, 3.63) is 30.1 Å². The number of ether oxygens (including phenoxy) is 1. The Morgan fingerprint density at radius 3 is 2.38 bits per heavy atom. The number of aliphatic hydroxyl groups is 1. The Labute approximate surface area is 124 Å². The van der Waals surface area contributed by atoms with Crippen LogP contribution in [0.3, 0.4) is 0 Å². The maximum atomic E-state index is 11.9. The van der Waals surface area contributed by atoms with Gasteiger partial charge in [0.15, 0.2) is 0 Å². The van der Waals surface area contributed by atoms with Crippen LogP contribution in [0.15, 0.2) is 24.5 Å². The molecule has 2 fully saturated rings. The first-order valence-corrected chi connectivity index (χ1v) is 7.32. The van der Waals surface area contributed by atoms with Gasteiger partial charge >= 0.3 is 6.09 Å². The van der Waals surface area contributed by atoms with E-state index in [1.165, 1.54) is 0 Å². The van der Waals surface area contributed by atoms with E-state index in [0.717, 1.165) is 5.56 Å². The van der Waals surface area contributed by atoms with Gasteiger partial charge in [-0.3, -0.25) is 4.98 Å². The van der Waals surface area contributed by atoms with Crippen molar-refractivity contribution >= 4 is 6.09 Å². The summed E-state index contributed by atoms with van der Waals surface area (Å²) >= 11 is 0. The Balaban J connectivity index is 1.55. The molecule has 1 aliphatic heterocycles. The molecule has 0 atom stereocenters. The molecule has 1 N–H and O–H groups in total. The number of carbonyl (C=O) groups excluding carboxylic acids is 1. The fourth-order valence-electron chi connectivity index (χ4n) is 3.50. The number of hydrogen-bond donors (Lipinski definition) is 1. The molecule has 1 spiro atoms. The van der Waals surface area contributed by atoms with Crippen LogP contribution < -0.4 is 0 Å². The first kappa shape index (κ1) is 14.3. The number of amides is 1. The summed E-state index contributed by atoms with van der Waals surface area (Å²) in [4.78, 5) is 17.6. The number of hydrogen-bond acceptors (Lipinski definition) is 4. The molecule has 1 aliphatic carbocycles. The van der Waals surface area contributed by atoms with Gasteiger partial charge < -0.3 is 14.7 Å². The zero-order valence-corrected chi connectivity index (χ0v) is 12.8. The number of nitrogens with zero attached hydrogens (tertiary/aromatic N) is 2. The largest absolute Gasteiger partial charge is 0.444 e. The molecule has 0 aromatic carbocycles. The molecule has 2 aliphatic rings. The molecule has 3 rings (SSSR count). The smallest absolute Gasteiger partial charge is 0.410 e. The van der Waals surface area contributed by atoms with Gasteiger partial charge in [-0.1, -0.05) is 0 Å². The van der Waals surface area contributed by atoms with Crippen molar-refractivity contribution in [3.8, 4) is 0 Å². The van der Waals surface area contributed by atoms with Crippen molar-refractivity contribution in [1.82, 2.24) is 9.88 Å². The van der Waals surface area contributed by atoms with Crippen LogP contribution in [0.1, 0.15) is 39.2 Å². The third-order valence-electron chi connectivity index (χ3n) is 4.26. The zero-order chi connectivity index (χ0) is 15.3. The summed E-state index contributed by atoms with van der Waals surface area (Å²) in [6.07, 6.45) is 4.54. The van der Waals surface area contributed by atoms with Crippen LogP contribution in [0.4, 0.5) is 4.79 Å². The second kappa shape index (κ2) is 4.44. The molecule has 1 saturated heterocycles. The van der Waals surface area contributed by atoms with Crippen LogP contribution in [-0.2, 0) is 10.3 Å². The molecule has 0 bridgehead atoms. The highest BCUT2D eigenvalue weighted by molar-refractivity contribution is 5.69. The second-order valence-electron chi connectivity index (χ2n) is 7.46. The van der Waals surface area contributed by atoms with E-state index in [4.69, 9.17) is 4.74 Å². The van der Waals surface area contributed by atoms with Gasteiger partial charge in [-0.15, -0.1) is 0 Å². The van der Waals surface area contributed by atoms with Crippen LogP contribution in [0.2, 0.25) is 0 Å². The summed E-state index contributed by atoms with van der Waals surface area (Å²) in [6.45, 7) is 6.95. The molecule has 5 nitrogen and oxygen atoms in total. The monoisotopic (exact) mass is 290 g/mol. The van der Waals surface area contributed by atoms with Gasteiger partial charge in [0.1, 0.15) is 5.60 Å². The quantitative estimate of drug-likeness (QED) is 0.862. The molecule has 1 amide bonds. The molecule has 2 heterocycles. The normalized spacial score (nSPS) is 22.4. The van der Waals surface area contributed by atoms with Gasteiger partial charge in [-0.05, 0) is 51.3 Å². The molecule has 21 heavy (non-hydrogen) atoms. The molecular formula is C16H22N2O3. The second-order valence-corrected chi connectivity index (χ2v) is 7.46. The highest BCUT2D eigenvalue weighted by Gasteiger charge is 2.61. The summed E-state index contributed by atoms with van der Waals surface area (Å²) in [5.41, 5.74) is -0.242. The Morgan fingerprint density at radius 1 is 1.29 bits per heavy atom. The number of pyridine rings is 1. The van der Waals surface area contributed by atoms with Crippen LogP contribution in [0.5, 0.6) is 0 Å². The molecule has 5 heteroatoms.